The Morgan fingerprint density at radius 3 is 2.81 bits per heavy atom. The number of thiophene rings is 1. The molecule has 0 spiro atoms. The minimum atomic E-state index is 0.664. The highest BCUT2D eigenvalue weighted by molar-refractivity contribution is 7.14. The van der Waals surface area contributed by atoms with Crippen LogP contribution in [0.15, 0.2) is 34.3 Å². The normalized spacial score (nSPS) is 15.8. The Balaban J connectivity index is 1.22. The van der Waals surface area contributed by atoms with E-state index in [4.69, 9.17) is 4.98 Å². The van der Waals surface area contributed by atoms with Crippen LogP contribution in [0.4, 0.5) is 5.82 Å². The van der Waals surface area contributed by atoms with Crippen molar-refractivity contribution in [2.24, 2.45) is 0 Å². The standard InChI is InChI=1S/C16H16N8S2/c1-2-15(19-24-14(1)18-20-21-24)23-6-4-22(5-7-23)9-13-11-26-16(17-13)12-3-8-25-10-12/h1-3,8,10-11H,4-7,9H2. The summed E-state index contributed by atoms with van der Waals surface area (Å²) in [5.41, 5.74) is 3.04. The first-order chi connectivity index (χ1) is 12.8. The Morgan fingerprint density at radius 1 is 1.04 bits per heavy atom. The molecule has 1 fully saturated rings. The Labute approximate surface area is 157 Å². The first-order valence-corrected chi connectivity index (χ1v) is 10.2. The van der Waals surface area contributed by atoms with Crippen molar-refractivity contribution < 1.29 is 0 Å². The average Bonchev–Trinajstić information content (AvgIpc) is 3.42. The van der Waals surface area contributed by atoms with Crippen LogP contribution in [-0.4, -0.2) is 61.3 Å². The average molecular weight is 384 g/mol. The molecule has 8 nitrogen and oxygen atoms in total. The first-order valence-electron chi connectivity index (χ1n) is 8.35. The molecule has 10 heteroatoms. The molecule has 1 saturated heterocycles. The Morgan fingerprint density at radius 2 is 1.96 bits per heavy atom. The summed E-state index contributed by atoms with van der Waals surface area (Å²) in [7, 11) is 0. The maximum absolute atomic E-state index is 4.78. The third-order valence-corrected chi connectivity index (χ3v) is 6.08. The molecular weight excluding hydrogens is 368 g/mol. The zero-order chi connectivity index (χ0) is 17.3. The number of rotatable bonds is 4. The second kappa shape index (κ2) is 6.71. The Hall–Kier alpha value is -2.43. The van der Waals surface area contributed by atoms with Gasteiger partial charge >= 0.3 is 0 Å². The first kappa shape index (κ1) is 15.8. The van der Waals surface area contributed by atoms with E-state index in [1.54, 1.807) is 22.7 Å². The molecule has 0 aliphatic carbocycles. The molecule has 26 heavy (non-hydrogen) atoms. The highest BCUT2D eigenvalue weighted by atomic mass is 32.1. The summed E-state index contributed by atoms with van der Waals surface area (Å²) in [5.74, 6) is 0.915. The van der Waals surface area contributed by atoms with Gasteiger partial charge in [0.2, 0.25) is 0 Å². The zero-order valence-electron chi connectivity index (χ0n) is 13.9. The van der Waals surface area contributed by atoms with Gasteiger partial charge in [-0.3, -0.25) is 4.90 Å². The summed E-state index contributed by atoms with van der Waals surface area (Å²) < 4.78 is 1.48. The van der Waals surface area contributed by atoms with Gasteiger partial charge < -0.3 is 4.90 Å². The van der Waals surface area contributed by atoms with E-state index in [2.05, 4.69) is 52.6 Å². The molecule has 0 aromatic carbocycles. The quantitative estimate of drug-likeness (QED) is 0.533. The third kappa shape index (κ3) is 3.06. The molecule has 5 rings (SSSR count). The lowest BCUT2D eigenvalue weighted by molar-refractivity contribution is 0.247. The summed E-state index contributed by atoms with van der Waals surface area (Å²) in [6, 6.07) is 6.01. The van der Waals surface area contributed by atoms with Crippen LogP contribution in [0.2, 0.25) is 0 Å². The van der Waals surface area contributed by atoms with Gasteiger partial charge in [0.1, 0.15) is 5.01 Å². The van der Waals surface area contributed by atoms with E-state index in [-0.39, 0.29) is 0 Å². The molecule has 0 saturated carbocycles. The fourth-order valence-corrected chi connectivity index (χ4v) is 4.59. The van der Waals surface area contributed by atoms with Gasteiger partial charge in [-0.2, -0.15) is 11.3 Å². The zero-order valence-corrected chi connectivity index (χ0v) is 15.5. The maximum Gasteiger partial charge on any atom is 0.200 e. The topological polar surface area (TPSA) is 75.3 Å². The summed E-state index contributed by atoms with van der Waals surface area (Å²) in [6.45, 7) is 4.74. The number of fused-ring (bicyclic) bond motifs is 1. The van der Waals surface area contributed by atoms with Crippen molar-refractivity contribution in [2.75, 3.05) is 31.1 Å². The predicted octanol–water partition coefficient (Wildman–Crippen LogP) is 2.03. The van der Waals surface area contributed by atoms with Crippen LogP contribution < -0.4 is 4.90 Å². The van der Waals surface area contributed by atoms with E-state index < -0.39 is 0 Å². The lowest BCUT2D eigenvalue weighted by Crippen LogP contribution is -2.46. The molecule has 5 heterocycles. The van der Waals surface area contributed by atoms with E-state index >= 15 is 0 Å². The van der Waals surface area contributed by atoms with Crippen molar-refractivity contribution >= 4 is 34.1 Å². The van der Waals surface area contributed by atoms with Gasteiger partial charge in [0.25, 0.3) is 0 Å². The van der Waals surface area contributed by atoms with Crippen LogP contribution in [-0.2, 0) is 6.54 Å². The molecule has 1 aliphatic rings. The number of hydrogen-bond acceptors (Lipinski definition) is 9. The highest BCUT2D eigenvalue weighted by Crippen LogP contribution is 2.26. The second-order valence-corrected chi connectivity index (χ2v) is 7.78. The number of thiazole rings is 1. The molecule has 0 amide bonds. The van der Waals surface area contributed by atoms with Crippen molar-refractivity contribution in [3.63, 3.8) is 0 Å². The minimum Gasteiger partial charge on any atom is -0.353 e. The Bertz CT molecular complexity index is 1000. The van der Waals surface area contributed by atoms with Crippen LogP contribution in [0, 0.1) is 0 Å². The van der Waals surface area contributed by atoms with Crippen LogP contribution in [0.1, 0.15) is 5.69 Å². The molecule has 132 valence electrons. The number of piperazine rings is 1. The number of nitrogens with zero attached hydrogens (tertiary/aromatic N) is 8. The summed E-state index contributed by atoms with van der Waals surface area (Å²) in [4.78, 5) is 9.50. The van der Waals surface area contributed by atoms with Gasteiger partial charge in [-0.1, -0.05) is 0 Å². The number of hydrogen-bond donors (Lipinski definition) is 0. The molecule has 0 atom stereocenters. The fraction of sp³-hybridized carbons (Fsp3) is 0.312. The molecule has 1 aliphatic heterocycles. The van der Waals surface area contributed by atoms with Crippen molar-refractivity contribution in [2.45, 2.75) is 6.54 Å². The molecule has 0 unspecified atom stereocenters. The maximum atomic E-state index is 4.78. The summed E-state index contributed by atoms with van der Waals surface area (Å²) >= 11 is 3.43. The summed E-state index contributed by atoms with van der Waals surface area (Å²) in [5, 5.41) is 23.4. The van der Waals surface area contributed by atoms with Crippen molar-refractivity contribution in [1.82, 2.24) is 35.1 Å². The lowest BCUT2D eigenvalue weighted by Gasteiger charge is -2.34. The Kier molecular flexibility index (Phi) is 4.07. The van der Waals surface area contributed by atoms with Crippen LogP contribution >= 0.6 is 22.7 Å². The molecule has 4 aromatic rings. The molecule has 0 radical (unpaired) electrons. The van der Waals surface area contributed by atoms with E-state index in [1.165, 1.54) is 10.2 Å². The van der Waals surface area contributed by atoms with Gasteiger partial charge in [0.15, 0.2) is 11.5 Å². The molecule has 0 bridgehead atoms. The van der Waals surface area contributed by atoms with Gasteiger partial charge in [0, 0.05) is 49.0 Å². The minimum absolute atomic E-state index is 0.664. The van der Waals surface area contributed by atoms with Crippen molar-refractivity contribution in [1.29, 1.82) is 0 Å². The van der Waals surface area contributed by atoms with Crippen LogP contribution in [0.3, 0.4) is 0 Å². The second-order valence-electron chi connectivity index (χ2n) is 6.14. The predicted molar refractivity (Wildman–Crippen MR) is 101 cm³/mol. The number of tetrazole rings is 1. The molecule has 4 aromatic heterocycles. The number of anilines is 1. The van der Waals surface area contributed by atoms with Gasteiger partial charge in [0.05, 0.1) is 5.69 Å². The summed E-state index contributed by atoms with van der Waals surface area (Å²) in [6.07, 6.45) is 0. The highest BCUT2D eigenvalue weighted by Gasteiger charge is 2.19. The molecular formula is C16H16N8S2. The van der Waals surface area contributed by atoms with E-state index in [1.807, 2.05) is 12.1 Å². The third-order valence-electron chi connectivity index (χ3n) is 4.46. The molecule has 0 N–H and O–H groups in total. The monoisotopic (exact) mass is 384 g/mol. The van der Waals surface area contributed by atoms with Crippen molar-refractivity contribution in [3.05, 3.63) is 40.0 Å². The van der Waals surface area contributed by atoms with Crippen LogP contribution in [0.25, 0.3) is 16.2 Å². The van der Waals surface area contributed by atoms with Gasteiger partial charge in [-0.05, 0) is 34.0 Å². The van der Waals surface area contributed by atoms with Crippen molar-refractivity contribution in [3.8, 4) is 10.6 Å². The smallest absolute Gasteiger partial charge is 0.200 e. The fourth-order valence-electron chi connectivity index (χ4n) is 3.07. The largest absolute Gasteiger partial charge is 0.353 e. The lowest BCUT2D eigenvalue weighted by atomic mass is 10.3. The van der Waals surface area contributed by atoms with Gasteiger partial charge in [-0.25, -0.2) is 4.98 Å². The van der Waals surface area contributed by atoms with E-state index in [0.29, 0.717) is 5.65 Å². The SMILES string of the molecule is c1cc(-c2nc(CN3CCN(c4ccc5nnnn5n4)CC3)cs2)cs1. The van der Waals surface area contributed by atoms with E-state index in [9.17, 15) is 0 Å². The van der Waals surface area contributed by atoms with E-state index in [0.717, 1.165) is 49.2 Å². The van der Waals surface area contributed by atoms with Gasteiger partial charge in [-0.15, -0.1) is 26.2 Å². The number of aromatic nitrogens is 6. The van der Waals surface area contributed by atoms with Crippen LogP contribution in [0.5, 0.6) is 0 Å².